The van der Waals surface area contributed by atoms with E-state index < -0.39 is 0 Å². The van der Waals surface area contributed by atoms with Crippen LogP contribution in [0.15, 0.2) is 0 Å². The van der Waals surface area contributed by atoms with Crippen molar-refractivity contribution in [3.05, 3.63) is 0 Å². The molecule has 0 aromatic heterocycles. The fourth-order valence-corrected chi connectivity index (χ4v) is 1.93. The molecule has 1 heterocycles. The van der Waals surface area contributed by atoms with Crippen molar-refractivity contribution in [3.8, 4) is 0 Å². The summed E-state index contributed by atoms with van der Waals surface area (Å²) in [4.78, 5) is 2.30. The topological polar surface area (TPSA) is 23.5 Å². The van der Waals surface area contributed by atoms with E-state index in [-0.39, 0.29) is 5.60 Å². The van der Waals surface area contributed by atoms with Crippen LogP contribution in [-0.4, -0.2) is 47.3 Å². The van der Waals surface area contributed by atoms with E-state index in [0.29, 0.717) is 0 Å². The van der Waals surface area contributed by atoms with Crippen LogP contribution in [0.3, 0.4) is 0 Å². The van der Waals surface area contributed by atoms with Crippen molar-refractivity contribution in [2.45, 2.75) is 18.9 Å². The van der Waals surface area contributed by atoms with Crippen LogP contribution in [0.25, 0.3) is 0 Å². The molecule has 1 saturated heterocycles. The van der Waals surface area contributed by atoms with Gasteiger partial charge in [0.25, 0.3) is 0 Å². The first kappa shape index (κ1) is 9.36. The highest BCUT2D eigenvalue weighted by Crippen LogP contribution is 2.19. The molecule has 0 atom stereocenters. The summed E-state index contributed by atoms with van der Waals surface area (Å²) in [5.74, 6) is 1.23. The van der Waals surface area contributed by atoms with E-state index in [1.54, 1.807) is 0 Å². The fraction of sp³-hybridized carbons (Fsp3) is 1.00. The predicted octanol–water partition coefficient (Wildman–Crippen LogP) is 0.806. The number of likely N-dealkylation sites (tertiary alicyclic amines) is 1. The molecule has 0 bridgehead atoms. The maximum atomic E-state index is 9.39. The fourth-order valence-electron chi connectivity index (χ4n) is 1.51. The lowest BCUT2D eigenvalue weighted by molar-refractivity contribution is -0.0826. The summed E-state index contributed by atoms with van der Waals surface area (Å²) in [7, 11) is 0. The Morgan fingerprint density at radius 1 is 1.55 bits per heavy atom. The van der Waals surface area contributed by atoms with E-state index in [1.807, 2.05) is 18.7 Å². The van der Waals surface area contributed by atoms with Crippen molar-refractivity contribution in [2.24, 2.45) is 0 Å². The number of aliphatic hydroxyl groups is 1. The molecule has 1 aliphatic rings. The molecular formula is C8H17NOS. The first-order valence-corrected chi connectivity index (χ1v) is 5.47. The molecule has 3 heteroatoms. The van der Waals surface area contributed by atoms with Crippen molar-refractivity contribution < 1.29 is 5.11 Å². The van der Waals surface area contributed by atoms with Gasteiger partial charge in [-0.2, -0.15) is 11.8 Å². The Hall–Kier alpha value is 0.270. The molecule has 1 aliphatic heterocycles. The van der Waals surface area contributed by atoms with Crippen LogP contribution in [-0.2, 0) is 0 Å². The number of β-amino-alcohol motifs (C(OH)–C–C–N with tert-alkyl or cyclic N) is 1. The zero-order valence-electron chi connectivity index (χ0n) is 7.34. The molecular weight excluding hydrogens is 158 g/mol. The van der Waals surface area contributed by atoms with E-state index in [2.05, 4.69) is 11.2 Å². The molecule has 1 rings (SSSR count). The molecule has 66 valence electrons. The molecule has 0 unspecified atom stereocenters. The summed E-state index contributed by atoms with van der Waals surface area (Å²) >= 11 is 1.89. The summed E-state index contributed by atoms with van der Waals surface area (Å²) < 4.78 is 0. The van der Waals surface area contributed by atoms with Crippen LogP contribution in [0.2, 0.25) is 0 Å². The van der Waals surface area contributed by atoms with Gasteiger partial charge in [-0.1, -0.05) is 0 Å². The Morgan fingerprint density at radius 2 is 2.18 bits per heavy atom. The highest BCUT2D eigenvalue weighted by atomic mass is 32.2. The Morgan fingerprint density at radius 3 is 2.64 bits per heavy atom. The summed E-state index contributed by atoms with van der Waals surface area (Å²) in [5, 5.41) is 9.39. The van der Waals surface area contributed by atoms with Gasteiger partial charge < -0.3 is 5.11 Å². The lowest BCUT2D eigenvalue weighted by Gasteiger charge is -2.44. The van der Waals surface area contributed by atoms with Gasteiger partial charge in [0.05, 0.1) is 5.60 Å². The molecule has 0 aromatic carbocycles. The summed E-state index contributed by atoms with van der Waals surface area (Å²) in [6.07, 6.45) is 3.38. The van der Waals surface area contributed by atoms with Crippen molar-refractivity contribution >= 4 is 11.8 Å². The largest absolute Gasteiger partial charge is 0.388 e. The standard InChI is InChI=1S/C8H17NOS/c1-8(10)6-9(7-8)4-3-5-11-2/h10H,3-7H2,1-2H3. The molecule has 0 radical (unpaired) electrons. The van der Waals surface area contributed by atoms with Crippen molar-refractivity contribution in [1.29, 1.82) is 0 Å². The van der Waals surface area contributed by atoms with Gasteiger partial charge in [0, 0.05) is 13.1 Å². The minimum atomic E-state index is -0.390. The average molecular weight is 175 g/mol. The number of rotatable bonds is 4. The maximum Gasteiger partial charge on any atom is 0.0872 e. The smallest absolute Gasteiger partial charge is 0.0872 e. The van der Waals surface area contributed by atoms with E-state index in [0.717, 1.165) is 19.6 Å². The molecule has 0 saturated carbocycles. The van der Waals surface area contributed by atoms with Crippen LogP contribution in [0.5, 0.6) is 0 Å². The summed E-state index contributed by atoms with van der Waals surface area (Å²) in [6, 6.07) is 0. The predicted molar refractivity (Wildman–Crippen MR) is 50.1 cm³/mol. The highest BCUT2D eigenvalue weighted by Gasteiger charge is 2.35. The summed E-state index contributed by atoms with van der Waals surface area (Å²) in [5.41, 5.74) is -0.390. The Balaban J connectivity index is 1.96. The van der Waals surface area contributed by atoms with E-state index >= 15 is 0 Å². The normalized spacial score (nSPS) is 23.2. The van der Waals surface area contributed by atoms with Crippen LogP contribution in [0.4, 0.5) is 0 Å². The zero-order chi connectivity index (χ0) is 8.32. The van der Waals surface area contributed by atoms with Gasteiger partial charge in [0.2, 0.25) is 0 Å². The second kappa shape index (κ2) is 3.78. The molecule has 0 spiro atoms. The second-order valence-electron chi connectivity index (χ2n) is 3.55. The molecule has 2 nitrogen and oxygen atoms in total. The quantitative estimate of drug-likeness (QED) is 0.640. The lowest BCUT2D eigenvalue weighted by Crippen LogP contribution is -2.59. The van der Waals surface area contributed by atoms with E-state index in [9.17, 15) is 5.11 Å². The molecule has 1 N–H and O–H groups in total. The third kappa shape index (κ3) is 3.01. The first-order valence-electron chi connectivity index (χ1n) is 4.08. The molecule has 0 aromatic rings. The van der Waals surface area contributed by atoms with Crippen LogP contribution < -0.4 is 0 Å². The Labute approximate surface area is 73.0 Å². The number of hydrogen-bond donors (Lipinski definition) is 1. The molecule has 0 amide bonds. The first-order chi connectivity index (χ1) is 5.14. The SMILES string of the molecule is CSCCCN1CC(C)(O)C1. The number of thioether (sulfide) groups is 1. The minimum absolute atomic E-state index is 0.390. The van der Waals surface area contributed by atoms with Gasteiger partial charge >= 0.3 is 0 Å². The van der Waals surface area contributed by atoms with E-state index in [1.165, 1.54) is 12.2 Å². The summed E-state index contributed by atoms with van der Waals surface area (Å²) in [6.45, 7) is 4.78. The van der Waals surface area contributed by atoms with Crippen molar-refractivity contribution in [2.75, 3.05) is 31.6 Å². The van der Waals surface area contributed by atoms with Gasteiger partial charge in [0.15, 0.2) is 0 Å². The monoisotopic (exact) mass is 175 g/mol. The highest BCUT2D eigenvalue weighted by molar-refractivity contribution is 7.98. The molecule has 0 aliphatic carbocycles. The maximum absolute atomic E-state index is 9.39. The van der Waals surface area contributed by atoms with E-state index in [4.69, 9.17) is 0 Å². The van der Waals surface area contributed by atoms with Crippen molar-refractivity contribution in [3.63, 3.8) is 0 Å². The van der Waals surface area contributed by atoms with Gasteiger partial charge in [-0.05, 0) is 31.9 Å². The Kier molecular flexibility index (Phi) is 3.22. The number of hydrogen-bond acceptors (Lipinski definition) is 3. The zero-order valence-corrected chi connectivity index (χ0v) is 8.15. The lowest BCUT2D eigenvalue weighted by atomic mass is 9.97. The van der Waals surface area contributed by atoms with Gasteiger partial charge in [-0.3, -0.25) is 4.90 Å². The van der Waals surface area contributed by atoms with Crippen LogP contribution in [0, 0.1) is 0 Å². The van der Waals surface area contributed by atoms with Crippen molar-refractivity contribution in [1.82, 2.24) is 4.90 Å². The second-order valence-corrected chi connectivity index (χ2v) is 4.54. The Bertz CT molecular complexity index is 119. The third-order valence-corrected chi connectivity index (χ3v) is 2.65. The van der Waals surface area contributed by atoms with Crippen LogP contribution in [0.1, 0.15) is 13.3 Å². The van der Waals surface area contributed by atoms with Gasteiger partial charge in [-0.15, -0.1) is 0 Å². The average Bonchev–Trinajstić information content (AvgIpc) is 1.84. The molecule has 1 fully saturated rings. The number of nitrogens with zero attached hydrogens (tertiary/aromatic N) is 1. The molecule has 11 heavy (non-hydrogen) atoms. The van der Waals surface area contributed by atoms with Gasteiger partial charge in [0.1, 0.15) is 0 Å². The van der Waals surface area contributed by atoms with Crippen LogP contribution >= 0.6 is 11.8 Å². The third-order valence-electron chi connectivity index (χ3n) is 1.95. The van der Waals surface area contributed by atoms with Gasteiger partial charge in [-0.25, -0.2) is 0 Å². The minimum Gasteiger partial charge on any atom is -0.388 e.